The molecule has 6 nitrogen and oxygen atoms in total. The van der Waals surface area contributed by atoms with Gasteiger partial charge >= 0.3 is 6.09 Å². The number of benzene rings is 2. The lowest BCUT2D eigenvalue weighted by Gasteiger charge is -2.32. The molecular formula is C27H31NO5. The largest absolute Gasteiger partial charge is 0.447 e. The molecule has 0 aliphatic carbocycles. The van der Waals surface area contributed by atoms with Crippen molar-refractivity contribution in [2.45, 2.75) is 63.6 Å². The molecule has 6 heteroatoms. The average Bonchev–Trinajstić information content (AvgIpc) is 3.19. The fraction of sp³-hybridized carbons (Fsp3) is 0.407. The molecule has 2 aliphatic rings. The molecule has 2 aliphatic heterocycles. The molecule has 0 aromatic heterocycles. The number of carbonyl (C=O) groups excluding carboxylic acids is 2. The van der Waals surface area contributed by atoms with Crippen LogP contribution in [0.1, 0.15) is 37.3 Å². The molecule has 4 rings (SSSR count). The first-order valence-corrected chi connectivity index (χ1v) is 11.7. The minimum Gasteiger partial charge on any atom is -0.447 e. The molecular weight excluding hydrogens is 418 g/mol. The Morgan fingerprint density at radius 1 is 1.00 bits per heavy atom. The van der Waals surface area contributed by atoms with Crippen LogP contribution < -0.4 is 0 Å². The second kappa shape index (κ2) is 11.3. The Morgan fingerprint density at radius 2 is 1.67 bits per heavy atom. The third-order valence-electron chi connectivity index (χ3n) is 6.14. The Morgan fingerprint density at radius 3 is 2.36 bits per heavy atom. The van der Waals surface area contributed by atoms with Crippen molar-refractivity contribution in [2.75, 3.05) is 6.61 Å². The van der Waals surface area contributed by atoms with E-state index in [1.54, 1.807) is 0 Å². The van der Waals surface area contributed by atoms with Crippen LogP contribution in [0, 0.1) is 0 Å². The Labute approximate surface area is 195 Å². The zero-order valence-electron chi connectivity index (χ0n) is 19.0. The third-order valence-corrected chi connectivity index (χ3v) is 6.14. The van der Waals surface area contributed by atoms with Gasteiger partial charge in [0, 0.05) is 6.42 Å². The molecule has 2 aromatic carbocycles. The van der Waals surface area contributed by atoms with Crippen LogP contribution in [0.3, 0.4) is 0 Å². The van der Waals surface area contributed by atoms with E-state index in [4.69, 9.17) is 14.2 Å². The third kappa shape index (κ3) is 5.89. The highest BCUT2D eigenvalue weighted by atomic mass is 16.6. The summed E-state index contributed by atoms with van der Waals surface area (Å²) < 4.78 is 17.7. The summed E-state index contributed by atoms with van der Waals surface area (Å²) in [7, 11) is 0. The van der Waals surface area contributed by atoms with Crippen LogP contribution in [0.25, 0.3) is 0 Å². The fourth-order valence-corrected chi connectivity index (χ4v) is 4.35. The van der Waals surface area contributed by atoms with E-state index in [1.165, 1.54) is 4.90 Å². The zero-order chi connectivity index (χ0) is 23.0. The van der Waals surface area contributed by atoms with E-state index >= 15 is 0 Å². The highest BCUT2D eigenvalue weighted by molar-refractivity contribution is 5.96. The first-order chi connectivity index (χ1) is 16.2. The van der Waals surface area contributed by atoms with Crippen LogP contribution in [0.5, 0.6) is 0 Å². The van der Waals surface area contributed by atoms with Gasteiger partial charge in [0.2, 0.25) is 0 Å². The summed E-state index contributed by atoms with van der Waals surface area (Å²) in [5, 5.41) is 0. The van der Waals surface area contributed by atoms with Crippen LogP contribution in [0.4, 0.5) is 4.79 Å². The van der Waals surface area contributed by atoms with E-state index < -0.39 is 12.2 Å². The molecule has 2 amide bonds. The summed E-state index contributed by atoms with van der Waals surface area (Å²) in [4.78, 5) is 27.2. The normalized spacial score (nSPS) is 26.3. The van der Waals surface area contributed by atoms with Gasteiger partial charge in [0.1, 0.15) is 12.7 Å². The highest BCUT2D eigenvalue weighted by Crippen LogP contribution is 2.25. The molecule has 4 atom stereocenters. The molecule has 174 valence electrons. The number of carbonyl (C=O) groups is 2. The van der Waals surface area contributed by atoms with Gasteiger partial charge in [-0.15, -0.1) is 0 Å². The maximum absolute atomic E-state index is 13.4. The Bertz CT molecular complexity index is 945. The minimum atomic E-state index is -0.752. The highest BCUT2D eigenvalue weighted by Gasteiger charge is 2.42. The van der Waals surface area contributed by atoms with Gasteiger partial charge in [-0.2, -0.15) is 0 Å². The summed E-state index contributed by atoms with van der Waals surface area (Å²) in [5.74, 6) is -0.342. The molecule has 0 saturated carbocycles. The van der Waals surface area contributed by atoms with Gasteiger partial charge in [0.25, 0.3) is 5.91 Å². The number of ether oxygens (including phenoxy) is 3. The average molecular weight is 450 g/mol. The molecule has 0 N–H and O–H groups in total. The molecule has 2 heterocycles. The second-order valence-corrected chi connectivity index (χ2v) is 8.48. The van der Waals surface area contributed by atoms with E-state index in [1.807, 2.05) is 79.7 Å². The van der Waals surface area contributed by atoms with Crippen LogP contribution in [-0.2, 0) is 32.0 Å². The molecule has 33 heavy (non-hydrogen) atoms. The van der Waals surface area contributed by atoms with Crippen molar-refractivity contribution in [1.82, 2.24) is 4.90 Å². The molecule has 0 unspecified atom stereocenters. The predicted molar refractivity (Wildman–Crippen MR) is 124 cm³/mol. The van der Waals surface area contributed by atoms with Gasteiger partial charge in [0.15, 0.2) is 0 Å². The maximum atomic E-state index is 13.4. The summed E-state index contributed by atoms with van der Waals surface area (Å²) in [6.45, 7) is 2.70. The smallest absolute Gasteiger partial charge is 0.417 e. The lowest BCUT2D eigenvalue weighted by atomic mass is 10.0. The van der Waals surface area contributed by atoms with E-state index in [0.29, 0.717) is 32.3 Å². The monoisotopic (exact) mass is 449 g/mol. The summed E-state index contributed by atoms with van der Waals surface area (Å²) in [6.07, 6.45) is 4.61. The fourth-order valence-electron chi connectivity index (χ4n) is 4.35. The Hall–Kier alpha value is -2.96. The number of cyclic esters (lactones) is 1. The first-order valence-electron chi connectivity index (χ1n) is 11.7. The van der Waals surface area contributed by atoms with Crippen molar-refractivity contribution >= 4 is 12.0 Å². The van der Waals surface area contributed by atoms with Gasteiger partial charge in [-0.1, -0.05) is 79.7 Å². The van der Waals surface area contributed by atoms with Crippen molar-refractivity contribution in [3.05, 3.63) is 83.9 Å². The van der Waals surface area contributed by atoms with E-state index in [2.05, 4.69) is 0 Å². The zero-order valence-corrected chi connectivity index (χ0v) is 19.0. The SMILES string of the molecule is CC[C@H]1O[C@H](C(=O)N2C(=O)OC[C@H]2Cc2ccccc2)C/C=C\C[C@H]1OCc1ccccc1. The first kappa shape index (κ1) is 23.2. The van der Waals surface area contributed by atoms with Gasteiger partial charge in [-0.05, 0) is 30.4 Å². The van der Waals surface area contributed by atoms with Crippen molar-refractivity contribution in [3.8, 4) is 0 Å². The number of imide groups is 1. The second-order valence-electron chi connectivity index (χ2n) is 8.48. The van der Waals surface area contributed by atoms with Gasteiger partial charge in [0.05, 0.1) is 24.9 Å². The minimum absolute atomic E-state index is 0.173. The lowest BCUT2D eigenvalue weighted by molar-refractivity contribution is -0.155. The van der Waals surface area contributed by atoms with Crippen molar-refractivity contribution in [3.63, 3.8) is 0 Å². The molecule has 1 saturated heterocycles. The van der Waals surface area contributed by atoms with Crippen molar-refractivity contribution in [1.29, 1.82) is 0 Å². The van der Waals surface area contributed by atoms with Crippen LogP contribution in [0.15, 0.2) is 72.8 Å². The number of nitrogens with zero attached hydrogens (tertiary/aromatic N) is 1. The molecule has 1 fully saturated rings. The van der Waals surface area contributed by atoms with Crippen LogP contribution in [0.2, 0.25) is 0 Å². The van der Waals surface area contributed by atoms with Gasteiger partial charge in [-0.25, -0.2) is 9.69 Å². The lowest BCUT2D eigenvalue weighted by Crippen LogP contribution is -2.48. The molecule has 2 aromatic rings. The number of hydrogen-bond acceptors (Lipinski definition) is 5. The van der Waals surface area contributed by atoms with Gasteiger partial charge < -0.3 is 14.2 Å². The van der Waals surface area contributed by atoms with E-state index in [0.717, 1.165) is 11.1 Å². The summed E-state index contributed by atoms with van der Waals surface area (Å²) in [6, 6.07) is 19.5. The molecule has 0 radical (unpaired) electrons. The number of hydrogen-bond donors (Lipinski definition) is 0. The van der Waals surface area contributed by atoms with Crippen LogP contribution in [-0.4, -0.2) is 47.9 Å². The number of rotatable bonds is 7. The van der Waals surface area contributed by atoms with Crippen LogP contribution >= 0.6 is 0 Å². The summed E-state index contributed by atoms with van der Waals surface area (Å²) in [5.41, 5.74) is 2.15. The number of amides is 2. The van der Waals surface area contributed by atoms with Gasteiger partial charge in [-0.3, -0.25) is 4.79 Å². The molecule has 0 bridgehead atoms. The topological polar surface area (TPSA) is 65.1 Å². The predicted octanol–water partition coefficient (Wildman–Crippen LogP) is 4.68. The maximum Gasteiger partial charge on any atom is 0.417 e. The summed E-state index contributed by atoms with van der Waals surface area (Å²) >= 11 is 0. The molecule has 0 spiro atoms. The quantitative estimate of drug-likeness (QED) is 0.575. The standard InChI is InChI=1S/C27H31NO5/c1-2-23-24(31-18-21-13-7-4-8-14-21)15-9-10-16-25(33-23)26(29)28-22(19-32-27(28)30)17-20-11-5-3-6-12-20/h3-14,22-25H,2,15-19H2,1H3/b10-9-/t22-,23-,24-,25+/m1/s1. The van der Waals surface area contributed by atoms with E-state index in [9.17, 15) is 9.59 Å². The van der Waals surface area contributed by atoms with Crippen molar-refractivity contribution < 1.29 is 23.8 Å². The Kier molecular flexibility index (Phi) is 7.92. The Balaban J connectivity index is 1.44. The van der Waals surface area contributed by atoms with Crippen molar-refractivity contribution in [2.24, 2.45) is 0 Å². The van der Waals surface area contributed by atoms with E-state index in [-0.39, 0.29) is 30.8 Å².